The van der Waals surface area contributed by atoms with E-state index < -0.39 is 29.8 Å². The number of hydrogen-bond acceptors (Lipinski definition) is 9. The van der Waals surface area contributed by atoms with E-state index in [1.54, 1.807) is 30.3 Å². The van der Waals surface area contributed by atoms with Gasteiger partial charge in [0.2, 0.25) is 0 Å². The van der Waals surface area contributed by atoms with Gasteiger partial charge in [-0.2, -0.15) is 4.73 Å². The standard InChI is InChI=1S/C37H35Cl2F2N3O7.CH2O2/c1-48-32-10-7-25(15-34(32)49-2)33(17-27-28(38)19-43(47)20-29(27)39)50-36(45)24-5-3-22(4-6-24)18-44(31-16-26(40)8-9-30(31)41)37(46)51-35-21-42-13-11-23(35)12-14-42;2-1-3/h3-10,15-16,19-20,23,33,35H,11-14,17-18,21H2,1-2H3;1H,(H,2,3)/t33-,35-;/m0./s1. The van der Waals surface area contributed by atoms with Gasteiger partial charge in [0.15, 0.2) is 23.9 Å². The second kappa shape index (κ2) is 18.2. The van der Waals surface area contributed by atoms with Gasteiger partial charge in [-0.05, 0) is 79.4 Å². The summed E-state index contributed by atoms with van der Waals surface area (Å²) in [6.45, 7) is 2.08. The maximum absolute atomic E-state index is 15.0. The molecule has 3 saturated heterocycles. The summed E-state index contributed by atoms with van der Waals surface area (Å²) in [6.07, 6.45) is 2.07. The lowest BCUT2D eigenvalue weighted by molar-refractivity contribution is -0.605. The Labute approximate surface area is 319 Å². The zero-order valence-corrected chi connectivity index (χ0v) is 30.8. The number of pyridine rings is 1. The van der Waals surface area contributed by atoms with Gasteiger partial charge in [-0.1, -0.05) is 41.4 Å². The third-order valence-electron chi connectivity index (χ3n) is 9.27. The summed E-state index contributed by atoms with van der Waals surface area (Å²) in [5, 5.41) is 18.9. The number of aromatic nitrogens is 1. The molecule has 0 unspecified atom stereocenters. The number of benzene rings is 3. The maximum Gasteiger partial charge on any atom is 0.415 e. The predicted molar refractivity (Wildman–Crippen MR) is 194 cm³/mol. The van der Waals surface area contributed by atoms with Crippen molar-refractivity contribution in [2.45, 2.75) is 38.0 Å². The fraction of sp³-hybridized carbons (Fsp3) is 0.316. The number of halogens is 4. The summed E-state index contributed by atoms with van der Waals surface area (Å²) in [7, 11) is 2.97. The van der Waals surface area contributed by atoms with Crippen LogP contribution in [0.2, 0.25) is 10.0 Å². The number of amides is 1. The Balaban J connectivity index is 0.00000181. The summed E-state index contributed by atoms with van der Waals surface area (Å²) in [6, 6.07) is 14.1. The highest BCUT2D eigenvalue weighted by atomic mass is 35.5. The Morgan fingerprint density at radius 1 is 1.00 bits per heavy atom. The number of piperidine rings is 3. The molecule has 12 nitrogen and oxygen atoms in total. The van der Waals surface area contributed by atoms with Crippen molar-refractivity contribution in [2.24, 2.45) is 5.92 Å². The molecule has 0 spiro atoms. The monoisotopic (exact) mass is 787 g/mol. The Morgan fingerprint density at radius 2 is 1.65 bits per heavy atom. The van der Waals surface area contributed by atoms with E-state index in [1.165, 1.54) is 26.4 Å². The lowest BCUT2D eigenvalue weighted by Gasteiger charge is -2.44. The van der Waals surface area contributed by atoms with Crippen LogP contribution in [0.15, 0.2) is 73.1 Å². The third kappa shape index (κ3) is 9.67. The van der Waals surface area contributed by atoms with Crippen molar-refractivity contribution in [2.75, 3.05) is 38.8 Å². The van der Waals surface area contributed by atoms with E-state index in [-0.39, 0.29) is 52.8 Å². The van der Waals surface area contributed by atoms with Gasteiger partial charge in [0, 0.05) is 24.6 Å². The van der Waals surface area contributed by atoms with Crippen LogP contribution in [-0.2, 0) is 27.2 Å². The van der Waals surface area contributed by atoms with E-state index in [9.17, 15) is 19.2 Å². The molecule has 7 rings (SSSR count). The molecule has 54 heavy (non-hydrogen) atoms. The molecule has 286 valence electrons. The molecule has 3 aliphatic heterocycles. The fourth-order valence-electron chi connectivity index (χ4n) is 6.50. The van der Waals surface area contributed by atoms with Crippen LogP contribution in [-0.4, -0.2) is 68.5 Å². The third-order valence-corrected chi connectivity index (χ3v) is 9.93. The van der Waals surface area contributed by atoms with E-state index in [4.69, 9.17) is 52.1 Å². The van der Waals surface area contributed by atoms with Crippen LogP contribution in [0.25, 0.3) is 0 Å². The molecule has 1 aromatic heterocycles. The number of carbonyl (C=O) groups is 3. The molecular formula is C38H37Cl2F2N3O9. The minimum Gasteiger partial charge on any atom is -0.619 e. The van der Waals surface area contributed by atoms with Crippen molar-refractivity contribution >= 4 is 47.4 Å². The van der Waals surface area contributed by atoms with Crippen LogP contribution in [0.1, 0.15) is 46.0 Å². The van der Waals surface area contributed by atoms with E-state index in [0.29, 0.717) is 39.5 Å². The van der Waals surface area contributed by atoms with Gasteiger partial charge in [0.05, 0.1) is 32.0 Å². The number of esters is 1. The Morgan fingerprint density at radius 3 is 2.24 bits per heavy atom. The summed E-state index contributed by atoms with van der Waals surface area (Å²) < 4.78 is 52.5. The minimum absolute atomic E-state index is 0.0215. The summed E-state index contributed by atoms with van der Waals surface area (Å²) in [5.74, 6) is -1.12. The lowest BCUT2D eigenvalue weighted by Crippen LogP contribution is -2.53. The van der Waals surface area contributed by atoms with Crippen LogP contribution in [0, 0.1) is 22.8 Å². The number of methoxy groups -OCH3 is 2. The van der Waals surface area contributed by atoms with Crippen LogP contribution in [0.3, 0.4) is 0 Å². The molecule has 2 bridgehead atoms. The summed E-state index contributed by atoms with van der Waals surface area (Å²) in [5.41, 5.74) is 1.36. The van der Waals surface area contributed by atoms with Crippen molar-refractivity contribution < 1.29 is 51.9 Å². The summed E-state index contributed by atoms with van der Waals surface area (Å²) in [4.78, 5) is 38.8. The van der Waals surface area contributed by atoms with E-state index in [0.717, 1.165) is 61.4 Å². The molecule has 3 fully saturated rings. The number of nitrogens with zero attached hydrogens (tertiary/aromatic N) is 3. The van der Waals surface area contributed by atoms with E-state index in [1.807, 2.05) is 0 Å². The second-order valence-electron chi connectivity index (χ2n) is 12.5. The number of carbonyl (C=O) groups excluding carboxylic acids is 2. The minimum atomic E-state index is -0.929. The van der Waals surface area contributed by atoms with Gasteiger partial charge < -0.3 is 29.3 Å². The average molecular weight is 789 g/mol. The van der Waals surface area contributed by atoms with E-state index in [2.05, 4.69) is 4.90 Å². The quantitative estimate of drug-likeness (QED) is 0.0731. The van der Waals surface area contributed by atoms with Crippen LogP contribution < -0.4 is 19.1 Å². The summed E-state index contributed by atoms with van der Waals surface area (Å²) >= 11 is 12.7. The van der Waals surface area contributed by atoms with Gasteiger partial charge in [0.25, 0.3) is 6.47 Å². The molecule has 0 aliphatic carbocycles. The van der Waals surface area contributed by atoms with Crippen molar-refractivity contribution in [3.05, 3.63) is 122 Å². The topological polar surface area (TPSA) is 142 Å². The number of rotatable bonds is 11. The predicted octanol–water partition coefficient (Wildman–Crippen LogP) is 7.00. The SMILES string of the molecule is COc1ccc([C@H](Cc2c(Cl)c[n+]([O-])cc2Cl)OC(=O)c2ccc(CN(C(=O)O[C@H]3CN4CCC3CC4)c3cc(F)ccc3F)cc2)cc1OC.O=CO. The molecule has 2 atom stereocenters. The van der Waals surface area contributed by atoms with Gasteiger partial charge in [-0.25, -0.2) is 18.4 Å². The van der Waals surface area contributed by atoms with Crippen LogP contribution in [0.5, 0.6) is 11.5 Å². The Bertz CT molecular complexity index is 1940. The molecule has 1 N–H and O–H groups in total. The molecular weight excluding hydrogens is 751 g/mol. The molecule has 4 aromatic rings. The van der Waals surface area contributed by atoms with Gasteiger partial charge >= 0.3 is 12.1 Å². The first-order valence-electron chi connectivity index (χ1n) is 16.8. The fourth-order valence-corrected chi connectivity index (χ4v) is 7.09. The highest BCUT2D eigenvalue weighted by molar-refractivity contribution is 6.35. The molecule has 4 heterocycles. The van der Waals surface area contributed by atoms with Gasteiger partial charge in [-0.15, -0.1) is 0 Å². The molecule has 3 aromatic carbocycles. The van der Waals surface area contributed by atoms with Crippen molar-refractivity contribution in [3.63, 3.8) is 0 Å². The number of hydrogen-bond donors (Lipinski definition) is 1. The average Bonchev–Trinajstić information content (AvgIpc) is 3.16. The molecule has 3 aliphatic rings. The number of carboxylic acid groups (broad SMARTS) is 1. The second-order valence-corrected chi connectivity index (χ2v) is 13.4. The normalized spacial score (nSPS) is 17.7. The first-order chi connectivity index (χ1) is 25.9. The number of fused-ring (bicyclic) bond motifs is 3. The first-order valence-corrected chi connectivity index (χ1v) is 17.5. The Hall–Kier alpha value is -5.18. The van der Waals surface area contributed by atoms with Gasteiger partial charge in [0.1, 0.15) is 33.9 Å². The molecule has 0 radical (unpaired) electrons. The van der Waals surface area contributed by atoms with Crippen LogP contribution >= 0.6 is 23.2 Å². The zero-order valence-electron chi connectivity index (χ0n) is 29.3. The number of anilines is 1. The highest BCUT2D eigenvalue weighted by Gasteiger charge is 2.38. The van der Waals surface area contributed by atoms with Crippen LogP contribution in [0.4, 0.5) is 19.3 Å². The lowest BCUT2D eigenvalue weighted by atomic mass is 9.86. The van der Waals surface area contributed by atoms with Gasteiger partial charge in [-0.3, -0.25) is 14.6 Å². The molecule has 1 amide bonds. The largest absolute Gasteiger partial charge is 0.619 e. The molecule has 16 heteroatoms. The van der Waals surface area contributed by atoms with E-state index >= 15 is 4.39 Å². The first kappa shape index (κ1) is 40.0. The smallest absolute Gasteiger partial charge is 0.415 e. The van der Waals surface area contributed by atoms with Crippen molar-refractivity contribution in [1.29, 1.82) is 0 Å². The van der Waals surface area contributed by atoms with Crippen molar-refractivity contribution in [3.8, 4) is 11.5 Å². The highest BCUT2D eigenvalue weighted by Crippen LogP contribution is 2.36. The maximum atomic E-state index is 15.0. The Kier molecular flexibility index (Phi) is 13.5. The number of ether oxygens (including phenoxy) is 4. The zero-order chi connectivity index (χ0) is 38.9. The van der Waals surface area contributed by atoms with Crippen molar-refractivity contribution in [1.82, 2.24) is 4.90 Å². The molecule has 0 saturated carbocycles.